The Labute approximate surface area is 227 Å². The van der Waals surface area contributed by atoms with Gasteiger partial charge in [0, 0.05) is 7.05 Å². The number of aromatic nitrogens is 6. The Bertz CT molecular complexity index is 1310. The van der Waals surface area contributed by atoms with Gasteiger partial charge >= 0.3 is 72.5 Å². The molecule has 1 fully saturated rings. The Morgan fingerprint density at radius 1 is 1.21 bits per heavy atom. The molecule has 17 nitrogen and oxygen atoms in total. The van der Waals surface area contributed by atoms with Gasteiger partial charge in [-0.25, -0.2) is 9.55 Å². The van der Waals surface area contributed by atoms with Crippen molar-refractivity contribution in [3.05, 3.63) is 23.0 Å². The third-order valence-electron chi connectivity index (χ3n) is 4.43. The number of aryl methyl sites for hydroxylation is 1. The minimum absolute atomic E-state index is 0. The Morgan fingerprint density at radius 2 is 1.88 bits per heavy atom. The van der Waals surface area contributed by atoms with Crippen LogP contribution in [0.1, 0.15) is 6.23 Å². The number of imidazole rings is 1. The van der Waals surface area contributed by atoms with Crippen molar-refractivity contribution >= 4 is 32.6 Å². The number of ether oxygens (including phenoxy) is 1. The molecule has 3 aromatic rings. The maximum absolute atomic E-state index is 12.5. The average molecular weight is 526 g/mol. The summed E-state index contributed by atoms with van der Waals surface area (Å²) in [6, 6.07) is 0. The first-order chi connectivity index (χ1) is 14.4. The number of aliphatic hydroxyl groups is 2. The second kappa shape index (κ2) is 10.5. The van der Waals surface area contributed by atoms with Gasteiger partial charge in [-0.05, 0) is 0 Å². The maximum atomic E-state index is 12.5. The molecule has 4 heterocycles. The molecule has 1 unspecified atom stereocenters. The molecule has 1 saturated heterocycles. The molecule has 1 aliphatic rings. The normalized spacial score (nSPS) is 25.0. The topological polar surface area (TPSA) is 239 Å². The van der Waals surface area contributed by atoms with Gasteiger partial charge in [0.2, 0.25) is 5.78 Å². The summed E-state index contributed by atoms with van der Waals surface area (Å²) >= 11 is 0. The van der Waals surface area contributed by atoms with Gasteiger partial charge in [-0.1, -0.05) is 0 Å². The zero-order chi connectivity index (χ0) is 22.7. The van der Waals surface area contributed by atoms with Crippen LogP contribution in [0.5, 0.6) is 0 Å². The largest absolute Gasteiger partial charge is 1.00 e. The first-order valence-corrected chi connectivity index (χ1v) is 11.3. The summed E-state index contributed by atoms with van der Waals surface area (Å²) in [5.74, 6) is 0.158. The fourth-order valence-electron chi connectivity index (χ4n) is 3.06. The molecule has 33 heavy (non-hydrogen) atoms. The fraction of sp³-hybridized carbons (Fsp3) is 0.500. The van der Waals surface area contributed by atoms with Gasteiger partial charge in [-0.2, -0.15) is 14.6 Å². The van der Waals surface area contributed by atoms with E-state index in [9.17, 15) is 38.8 Å². The van der Waals surface area contributed by atoms with E-state index in [0.717, 1.165) is 15.4 Å². The van der Waals surface area contributed by atoms with Crippen molar-refractivity contribution in [3.63, 3.8) is 0 Å². The average Bonchev–Trinajstić information content (AvgIpc) is 3.31. The van der Waals surface area contributed by atoms with Crippen LogP contribution < -0.4 is 74.5 Å². The van der Waals surface area contributed by atoms with Crippen LogP contribution in [0.3, 0.4) is 0 Å². The van der Waals surface area contributed by atoms with Crippen molar-refractivity contribution in [2.75, 3.05) is 6.61 Å². The first kappa shape index (κ1) is 29.2. The number of phosphoric ester groups is 1. The third-order valence-corrected chi connectivity index (χ3v) is 6.53. The molecule has 0 radical (unpaired) electrons. The van der Waals surface area contributed by atoms with Crippen LogP contribution in [-0.2, 0) is 29.7 Å². The van der Waals surface area contributed by atoms with Gasteiger partial charge in [-0.3, -0.25) is 18.2 Å². The van der Waals surface area contributed by atoms with Gasteiger partial charge in [0.1, 0.15) is 24.6 Å². The Hall–Kier alpha value is -0.0400. The Morgan fingerprint density at radius 3 is 2.52 bits per heavy atom. The summed E-state index contributed by atoms with van der Waals surface area (Å²) in [6.07, 6.45) is -3.60. The molecule has 0 bridgehead atoms. The van der Waals surface area contributed by atoms with Crippen LogP contribution in [0.25, 0.3) is 16.9 Å². The minimum atomic E-state index is -5.83. The molecule has 0 amide bonds. The summed E-state index contributed by atoms with van der Waals surface area (Å²) in [6.45, 7) is -0.919. The summed E-state index contributed by atoms with van der Waals surface area (Å²) in [7, 11) is -9.54. The first-order valence-electron chi connectivity index (χ1n) is 8.37. The minimum Gasteiger partial charge on any atom is -0.789 e. The van der Waals surface area contributed by atoms with E-state index in [-0.39, 0.29) is 76.1 Å². The van der Waals surface area contributed by atoms with Crippen molar-refractivity contribution in [2.45, 2.75) is 24.5 Å². The molecule has 3 aromatic heterocycles. The van der Waals surface area contributed by atoms with E-state index >= 15 is 0 Å². The number of phosphoric acid groups is 2. The van der Waals surface area contributed by atoms with E-state index < -0.39 is 52.4 Å². The SMILES string of the molecule is Cn1cnn2c(=O)c3ncn([C@@H]4O[C@H](COP(=O)(O)OP(=O)([O-])[O-])[C@@H](O)[C@H]4O)c3nc12.[Na+].[Na+]. The van der Waals surface area contributed by atoms with Crippen LogP contribution >= 0.6 is 15.6 Å². The molecule has 0 aromatic carbocycles. The Balaban J connectivity index is 0.00000193. The second-order valence-corrected chi connectivity index (χ2v) is 9.28. The number of fused-ring (bicyclic) bond motifs is 2. The van der Waals surface area contributed by atoms with Crippen LogP contribution in [0.2, 0.25) is 0 Å². The van der Waals surface area contributed by atoms with E-state index in [2.05, 4.69) is 23.9 Å². The van der Waals surface area contributed by atoms with Gasteiger partial charge < -0.3 is 38.8 Å². The molecule has 170 valence electrons. The van der Waals surface area contributed by atoms with Crippen molar-refractivity contribution in [2.24, 2.45) is 7.05 Å². The van der Waals surface area contributed by atoms with E-state index in [1.54, 1.807) is 7.05 Å². The summed E-state index contributed by atoms with van der Waals surface area (Å²) in [5.41, 5.74) is -0.692. The molecule has 3 N–H and O–H groups in total. The molecule has 0 spiro atoms. The molecule has 4 rings (SSSR count). The van der Waals surface area contributed by atoms with E-state index in [0.29, 0.717) is 0 Å². The number of rotatable bonds is 6. The number of aliphatic hydroxyl groups excluding tert-OH is 2. The molecule has 0 aliphatic carbocycles. The predicted molar refractivity (Wildman–Crippen MR) is 91.9 cm³/mol. The van der Waals surface area contributed by atoms with Crippen molar-refractivity contribution in [1.29, 1.82) is 0 Å². The summed E-state index contributed by atoms with van der Waals surface area (Å²) in [4.78, 5) is 51.0. The van der Waals surface area contributed by atoms with Gasteiger partial charge in [-0.15, -0.1) is 0 Å². The van der Waals surface area contributed by atoms with E-state index in [1.807, 2.05) is 0 Å². The molecule has 5 atom stereocenters. The van der Waals surface area contributed by atoms with E-state index in [1.165, 1.54) is 10.9 Å². The van der Waals surface area contributed by atoms with Gasteiger partial charge in [0.25, 0.3) is 0 Å². The smallest absolute Gasteiger partial charge is 0.789 e. The van der Waals surface area contributed by atoms with Crippen molar-refractivity contribution in [1.82, 2.24) is 28.7 Å². The zero-order valence-electron chi connectivity index (χ0n) is 17.4. The second-order valence-electron chi connectivity index (χ2n) is 6.53. The van der Waals surface area contributed by atoms with Crippen LogP contribution in [0.4, 0.5) is 0 Å². The van der Waals surface area contributed by atoms with Gasteiger partial charge in [0.05, 0.1) is 20.8 Å². The monoisotopic (exact) mass is 526 g/mol. The third kappa shape index (κ3) is 5.86. The summed E-state index contributed by atoms with van der Waals surface area (Å²) in [5, 5.41) is 24.4. The zero-order valence-corrected chi connectivity index (χ0v) is 23.1. The van der Waals surface area contributed by atoms with Crippen molar-refractivity contribution in [3.8, 4) is 0 Å². The molecule has 0 saturated carbocycles. The molecule has 21 heteroatoms. The van der Waals surface area contributed by atoms with Crippen molar-refractivity contribution < 1.29 is 107 Å². The fourth-order valence-corrected chi connectivity index (χ4v) is 4.60. The molecular weight excluding hydrogens is 512 g/mol. The molecule has 1 aliphatic heterocycles. The predicted octanol–water partition coefficient (Wildman–Crippen LogP) is -9.63. The number of nitrogens with zero attached hydrogens (tertiary/aromatic N) is 6. The summed E-state index contributed by atoms with van der Waals surface area (Å²) < 4.78 is 38.8. The van der Waals surface area contributed by atoms with Crippen LogP contribution in [-0.4, -0.2) is 68.7 Å². The quantitative estimate of drug-likeness (QED) is 0.200. The van der Waals surface area contributed by atoms with Crippen LogP contribution in [0, 0.1) is 0 Å². The van der Waals surface area contributed by atoms with E-state index in [4.69, 9.17) is 4.74 Å². The standard InChI is InChI=1S/C12H16N6O11P2.2Na/c1-16-4-14-18-10(21)6-9(15-12(16)18)17(3-13-6)11-8(20)7(19)5(28-11)2-27-31(25,26)29-30(22,23)24;;/h3-5,7-8,11,19-20H,2H2,1H3,(H,25,26)(H2,22,23,24);;/q;2*+1/p-2/t5-,7-,8-,11-;;/m1../s1. The molecular formula is C12H14N6Na2O11P2. The number of hydrogen-bond acceptors (Lipinski definition) is 13. The Kier molecular flexibility index (Phi) is 9.31. The maximum Gasteiger partial charge on any atom is 1.00 e. The number of hydrogen-bond donors (Lipinski definition) is 3. The van der Waals surface area contributed by atoms with Crippen LogP contribution in [0.15, 0.2) is 17.4 Å². The van der Waals surface area contributed by atoms with Gasteiger partial charge in [0.15, 0.2) is 17.4 Å².